The molecule has 0 N–H and O–H groups in total. The number of hydrogen-bond donors (Lipinski definition) is 0. The number of benzene rings is 16. The van der Waals surface area contributed by atoms with Gasteiger partial charge in [0.25, 0.3) is 0 Å². The Morgan fingerprint density at radius 3 is 0.973 bits per heavy atom. The molecule has 0 amide bonds. The van der Waals surface area contributed by atoms with E-state index in [2.05, 4.69) is 317 Å². The van der Waals surface area contributed by atoms with Crippen molar-refractivity contribution in [2.45, 2.75) is 120 Å². The van der Waals surface area contributed by atoms with E-state index in [1.54, 1.807) is 0 Å². The molecule has 12 nitrogen and oxygen atoms in total. The Balaban J connectivity index is 0.000000112. The number of nitrogens with zero attached hydrogens (tertiary/aromatic N) is 8. The van der Waals surface area contributed by atoms with Crippen LogP contribution in [0, 0.1) is 65.8 Å². The van der Waals surface area contributed by atoms with Crippen molar-refractivity contribution >= 4 is 154 Å². The van der Waals surface area contributed by atoms with Crippen LogP contribution in [-0.4, -0.2) is 0 Å². The molecule has 1 aliphatic rings. The molecule has 16 aromatic carbocycles. The third-order valence-corrected chi connectivity index (χ3v) is 30.3. The van der Waals surface area contributed by atoms with Gasteiger partial charge in [-0.1, -0.05) is 321 Å². The number of para-hydroxylation sites is 2. The van der Waals surface area contributed by atoms with Crippen molar-refractivity contribution in [2.75, 3.05) is 0 Å². The third kappa shape index (κ3) is 16.9. The zero-order chi connectivity index (χ0) is 102. The molecule has 0 unspecified atom stereocenters. The fourth-order valence-corrected chi connectivity index (χ4v) is 23.2. The third-order valence-electron chi connectivity index (χ3n) is 30.3. The zero-order valence-electron chi connectivity index (χ0n) is 86.1. The Morgan fingerprint density at radius 2 is 0.601 bits per heavy atom. The summed E-state index contributed by atoms with van der Waals surface area (Å²) in [7, 11) is 8.50. The maximum atomic E-state index is 7.83. The van der Waals surface area contributed by atoms with Crippen LogP contribution in [0.2, 0.25) is 0 Å². The van der Waals surface area contributed by atoms with Gasteiger partial charge in [-0.3, -0.25) is 0 Å². The lowest BCUT2D eigenvalue weighted by Crippen LogP contribution is -2.33. The normalized spacial score (nSPS) is 12.2. The molecular weight excluding hydrogens is 1810 g/mol. The first-order valence-corrected chi connectivity index (χ1v) is 51.4. The second-order valence-corrected chi connectivity index (χ2v) is 41.0. The van der Waals surface area contributed by atoms with E-state index >= 15 is 0 Å². The number of hydrogen-bond acceptors (Lipinski definition) is 4. The highest BCUT2D eigenvalue weighted by Crippen LogP contribution is 2.52. The lowest BCUT2D eigenvalue weighted by molar-refractivity contribution is -0.659. The number of pyridine rings is 4. The van der Waals surface area contributed by atoms with Crippen LogP contribution in [0.5, 0.6) is 0 Å². The van der Waals surface area contributed by atoms with Gasteiger partial charge in [-0.15, -0.1) is 0 Å². The van der Waals surface area contributed by atoms with E-state index in [4.69, 9.17) is 44.0 Å². The standard InChI is InChI=1S/C35H29N2O.2C34H29N2O.C33H27N2O/c1-22-13-15-28-29-17-18-30(36-2)32(24-11-5-4-6-12-24)35(29)38-34(28)31(22)33-27-16-14-25(23-9-7-8-10-23)21-26(27)19-20-37(33)3;1-21(2)19-24-20-30(36(5)29-14-10-9-13-25(24)29)31-22(3)15-16-26-27-17-18-28(35-4)32(34(27)37-33(26)31)23-11-7-6-8-12-23;1-21(2)19-23-12-14-26-25(20-23)17-18-36(5)32(26)30-22(3)11-13-27-28-15-16-29(35-4)31(34(28)37-33(27)30)24-9-7-6-8-10-24;1-20(2)26-19-29(35(5)28-14-10-9-13-23(26)28)30-21(3)15-16-24-25-17-18-27(34-4)31(33(25)36-32(24)30)22-11-7-6-8-12-22/h4-6,11-21,23H,7-10H2,1,3H3;2*6-18,20-21H,19H2,1-3,5H3;6-20H,1-3,5H3/q4*+1. The van der Waals surface area contributed by atoms with E-state index in [1.807, 2.05) is 158 Å². The van der Waals surface area contributed by atoms with Crippen molar-refractivity contribution in [2.24, 2.45) is 40.0 Å². The molecule has 0 radical (unpaired) electrons. The van der Waals surface area contributed by atoms with Gasteiger partial charge in [0, 0.05) is 113 Å². The SMILES string of the molecule is [C-]#[N+]c1ccc2c(oc3c(-c4c5ccc(C6CCCC6)cc5cc[n+]4C)c(C)ccc32)c1-c1ccccc1.[C-]#[N+]c1ccc2c(oc3c(-c4c5ccc(CC(C)C)cc5cc[n+]4C)c(C)ccc32)c1-c1ccccc1.[C-]#[N+]c1ccc2c(oc3c(-c4cc(C(C)C)c5ccccc5[n+]4C)c(C)ccc32)c1-c1ccccc1.[C-]#[N+]c1ccc2c(oc3c(-c4cc(CC(C)C)c5ccccc5[n+]4C)c(C)ccc32)c1-c1ccccc1. The molecular formula is C136H114N8O4+4. The summed E-state index contributed by atoms with van der Waals surface area (Å²) in [6, 6.07) is 114. The van der Waals surface area contributed by atoms with Gasteiger partial charge in [0.05, 0.1) is 59.3 Å². The molecule has 1 aliphatic carbocycles. The topological polar surface area (TPSA) is 85.5 Å². The molecule has 0 saturated heterocycles. The first-order valence-electron chi connectivity index (χ1n) is 51.4. The van der Waals surface area contributed by atoms with Crippen molar-refractivity contribution in [1.82, 2.24) is 0 Å². The molecule has 0 aliphatic heterocycles. The minimum Gasteiger partial charge on any atom is -0.456 e. The summed E-state index contributed by atoms with van der Waals surface area (Å²) in [5, 5.41) is 16.0. The summed E-state index contributed by atoms with van der Waals surface area (Å²) in [4.78, 5) is 15.4. The Kier molecular flexibility index (Phi) is 25.4. The zero-order valence-corrected chi connectivity index (χ0v) is 86.1. The van der Waals surface area contributed by atoms with Crippen LogP contribution in [0.15, 0.2) is 358 Å². The van der Waals surface area contributed by atoms with Gasteiger partial charge in [0.15, 0.2) is 35.1 Å². The second kappa shape index (κ2) is 39.5. The summed E-state index contributed by atoms with van der Waals surface area (Å²) in [5.74, 6) is 2.23. The second-order valence-electron chi connectivity index (χ2n) is 41.0. The molecule has 8 heterocycles. The molecule has 25 rings (SSSR count). The van der Waals surface area contributed by atoms with Gasteiger partial charge in [-0.05, 0) is 179 Å². The van der Waals surface area contributed by atoms with Crippen LogP contribution in [0.3, 0.4) is 0 Å². The molecule has 0 atom stereocenters. The minimum atomic E-state index is 0.385. The Labute approximate surface area is 863 Å². The van der Waals surface area contributed by atoms with Crippen LogP contribution in [0.1, 0.15) is 124 Å². The van der Waals surface area contributed by atoms with Crippen molar-refractivity contribution < 1.29 is 35.9 Å². The van der Waals surface area contributed by atoms with E-state index in [1.165, 1.54) is 102 Å². The quantitative estimate of drug-likeness (QED) is 0.0802. The maximum Gasteiger partial charge on any atom is 0.224 e. The van der Waals surface area contributed by atoms with Crippen molar-refractivity contribution in [3.05, 3.63) is 430 Å². The Morgan fingerprint density at radius 1 is 0.291 bits per heavy atom. The Bertz CT molecular complexity index is 9660. The van der Waals surface area contributed by atoms with Gasteiger partial charge in [0.1, 0.15) is 72.9 Å². The van der Waals surface area contributed by atoms with Gasteiger partial charge in [0.2, 0.25) is 33.8 Å². The number of aryl methyl sites for hydroxylation is 8. The van der Waals surface area contributed by atoms with Gasteiger partial charge >= 0.3 is 0 Å². The largest absolute Gasteiger partial charge is 0.456 e. The van der Waals surface area contributed by atoms with Crippen molar-refractivity contribution in [1.29, 1.82) is 0 Å². The predicted octanol–water partition coefficient (Wildman–Crippen LogP) is 36.2. The molecule has 1 saturated carbocycles. The fourth-order valence-electron chi connectivity index (χ4n) is 23.2. The van der Waals surface area contributed by atoms with E-state index in [-0.39, 0.29) is 0 Å². The Hall–Kier alpha value is -17.7. The lowest BCUT2D eigenvalue weighted by atomic mass is 9.92. The fraction of sp³-hybridized carbons (Fsp3) is 0.176. The number of fused-ring (bicyclic) bond motifs is 16. The first kappa shape index (κ1) is 95.2. The highest BCUT2D eigenvalue weighted by molar-refractivity contribution is 6.21. The molecule has 24 aromatic rings. The number of furan rings is 4. The van der Waals surface area contributed by atoms with E-state index in [0.29, 0.717) is 46.4 Å². The summed E-state index contributed by atoms with van der Waals surface area (Å²) in [6.45, 7) is 53.4. The van der Waals surface area contributed by atoms with Crippen molar-refractivity contribution in [3.63, 3.8) is 0 Å². The van der Waals surface area contributed by atoms with Crippen LogP contribution in [0.25, 0.3) is 240 Å². The number of rotatable bonds is 14. The first-order chi connectivity index (χ1) is 72.1. The van der Waals surface area contributed by atoms with Crippen LogP contribution < -0.4 is 18.3 Å². The smallest absolute Gasteiger partial charge is 0.224 e. The monoisotopic (exact) mass is 1920 g/mol. The van der Waals surface area contributed by atoms with Gasteiger partial charge in [-0.25, -0.2) is 28.5 Å². The van der Waals surface area contributed by atoms with Gasteiger partial charge in [-0.2, -0.15) is 9.13 Å². The van der Waals surface area contributed by atoms with Gasteiger partial charge < -0.3 is 17.7 Å². The molecule has 0 bridgehead atoms. The average molecular weight is 1920 g/mol. The summed E-state index contributed by atoms with van der Waals surface area (Å²) in [6.07, 6.45) is 11.7. The summed E-state index contributed by atoms with van der Waals surface area (Å²) < 4.78 is 36.1. The minimum absolute atomic E-state index is 0.385. The molecule has 148 heavy (non-hydrogen) atoms. The molecule has 12 heteroatoms. The summed E-state index contributed by atoms with van der Waals surface area (Å²) in [5.41, 5.74) is 37.9. The van der Waals surface area contributed by atoms with Crippen LogP contribution in [-0.2, 0) is 41.0 Å². The van der Waals surface area contributed by atoms with E-state index in [9.17, 15) is 0 Å². The highest BCUT2D eigenvalue weighted by atomic mass is 16.3. The van der Waals surface area contributed by atoms with E-state index in [0.717, 1.165) is 201 Å². The van der Waals surface area contributed by atoms with E-state index < -0.39 is 0 Å². The molecule has 1 fully saturated rings. The lowest BCUT2D eigenvalue weighted by Gasteiger charge is -2.13. The molecule has 8 aromatic heterocycles. The summed E-state index contributed by atoms with van der Waals surface area (Å²) >= 11 is 0. The molecule has 718 valence electrons. The number of aromatic nitrogens is 4. The predicted molar refractivity (Wildman–Crippen MR) is 609 cm³/mol. The van der Waals surface area contributed by atoms with Crippen LogP contribution in [0.4, 0.5) is 22.7 Å². The van der Waals surface area contributed by atoms with Crippen molar-refractivity contribution in [3.8, 4) is 89.5 Å². The maximum absolute atomic E-state index is 7.83. The van der Waals surface area contributed by atoms with Crippen LogP contribution >= 0.6 is 0 Å². The highest BCUT2D eigenvalue weighted by Gasteiger charge is 2.34. The average Bonchev–Trinajstić information content (AvgIpc) is 1.56. The molecule has 0 spiro atoms.